The Morgan fingerprint density at radius 2 is 1.72 bits per heavy atom. The molecule has 2 aromatic carbocycles. The molecule has 0 aromatic heterocycles. The van der Waals surface area contributed by atoms with Crippen LogP contribution in [-0.4, -0.2) is 13.4 Å². The number of hydrogen-bond acceptors (Lipinski definition) is 2. The molecule has 0 N–H and O–H groups in total. The summed E-state index contributed by atoms with van der Waals surface area (Å²) in [6.07, 6.45) is 0.771. The zero-order valence-corrected chi connectivity index (χ0v) is 10.0. The van der Waals surface area contributed by atoms with E-state index in [0.29, 0.717) is 11.3 Å². The van der Waals surface area contributed by atoms with Crippen molar-refractivity contribution in [1.82, 2.24) is 0 Å². The molecule has 0 aliphatic rings. The highest BCUT2D eigenvalue weighted by molar-refractivity contribution is 5.79. The summed E-state index contributed by atoms with van der Waals surface area (Å²) < 4.78 is 5.13. The van der Waals surface area contributed by atoms with E-state index in [1.54, 1.807) is 12.1 Å². The van der Waals surface area contributed by atoms with E-state index in [4.69, 9.17) is 4.74 Å². The summed E-state index contributed by atoms with van der Waals surface area (Å²) in [7, 11) is 1.54. The van der Waals surface area contributed by atoms with Gasteiger partial charge in [-0.15, -0.1) is 0 Å². The molecule has 2 nitrogen and oxygen atoms in total. The SMILES string of the molecule is COc1cc(C#Cc2ccccc2)ccc1C=O. The molecule has 0 amide bonds. The Morgan fingerprint density at radius 3 is 2.39 bits per heavy atom. The van der Waals surface area contributed by atoms with Crippen LogP contribution >= 0.6 is 0 Å². The maximum atomic E-state index is 10.8. The zero-order chi connectivity index (χ0) is 12.8. The summed E-state index contributed by atoms with van der Waals surface area (Å²) in [5.41, 5.74) is 2.31. The fourth-order valence-corrected chi connectivity index (χ4v) is 1.55. The van der Waals surface area contributed by atoms with Gasteiger partial charge in [-0.3, -0.25) is 4.79 Å². The number of carbonyl (C=O) groups is 1. The van der Waals surface area contributed by atoms with Gasteiger partial charge in [0.25, 0.3) is 0 Å². The van der Waals surface area contributed by atoms with E-state index >= 15 is 0 Å². The van der Waals surface area contributed by atoms with Gasteiger partial charge >= 0.3 is 0 Å². The lowest BCUT2D eigenvalue weighted by atomic mass is 10.1. The largest absolute Gasteiger partial charge is 0.496 e. The van der Waals surface area contributed by atoms with Gasteiger partial charge in [-0.2, -0.15) is 0 Å². The molecule has 2 heteroatoms. The van der Waals surface area contributed by atoms with Crippen molar-refractivity contribution in [3.05, 3.63) is 65.2 Å². The number of rotatable bonds is 2. The number of aldehydes is 1. The van der Waals surface area contributed by atoms with Crippen LogP contribution < -0.4 is 4.74 Å². The van der Waals surface area contributed by atoms with E-state index in [1.165, 1.54) is 7.11 Å². The molecule has 2 rings (SSSR count). The molecule has 18 heavy (non-hydrogen) atoms. The van der Waals surface area contributed by atoms with Crippen LogP contribution in [0.25, 0.3) is 0 Å². The first-order chi connectivity index (χ1) is 8.83. The summed E-state index contributed by atoms with van der Waals surface area (Å²) in [6, 6.07) is 15.0. The monoisotopic (exact) mass is 236 g/mol. The Morgan fingerprint density at radius 1 is 1.00 bits per heavy atom. The summed E-state index contributed by atoms with van der Waals surface area (Å²) >= 11 is 0. The Bertz CT molecular complexity index is 604. The molecule has 0 heterocycles. The number of benzene rings is 2. The number of ether oxygens (including phenoxy) is 1. The van der Waals surface area contributed by atoms with Crippen LogP contribution in [-0.2, 0) is 0 Å². The molecule has 0 spiro atoms. The van der Waals surface area contributed by atoms with E-state index in [-0.39, 0.29) is 0 Å². The normalized spacial score (nSPS) is 9.17. The van der Waals surface area contributed by atoms with Gasteiger partial charge in [0.05, 0.1) is 12.7 Å². The minimum absolute atomic E-state index is 0.530. The van der Waals surface area contributed by atoms with Gasteiger partial charge in [-0.25, -0.2) is 0 Å². The zero-order valence-electron chi connectivity index (χ0n) is 10.0. The molecule has 0 radical (unpaired) electrons. The van der Waals surface area contributed by atoms with Gasteiger partial charge in [0.15, 0.2) is 6.29 Å². The molecule has 0 saturated carbocycles. The Kier molecular flexibility index (Phi) is 3.78. The first-order valence-corrected chi connectivity index (χ1v) is 5.54. The number of methoxy groups -OCH3 is 1. The predicted octanol–water partition coefficient (Wildman–Crippen LogP) is 2.91. The van der Waals surface area contributed by atoms with Gasteiger partial charge in [-0.05, 0) is 30.3 Å². The van der Waals surface area contributed by atoms with Crippen molar-refractivity contribution in [2.75, 3.05) is 7.11 Å². The van der Waals surface area contributed by atoms with Crippen LogP contribution in [0.15, 0.2) is 48.5 Å². The van der Waals surface area contributed by atoms with E-state index in [2.05, 4.69) is 11.8 Å². The van der Waals surface area contributed by atoms with Crippen LogP contribution in [0.5, 0.6) is 5.75 Å². The molecule has 0 bridgehead atoms. The smallest absolute Gasteiger partial charge is 0.153 e. The average molecular weight is 236 g/mol. The van der Waals surface area contributed by atoms with Crippen molar-refractivity contribution in [3.63, 3.8) is 0 Å². The first kappa shape index (κ1) is 11.9. The highest BCUT2D eigenvalue weighted by Gasteiger charge is 2.01. The van der Waals surface area contributed by atoms with E-state index in [1.807, 2.05) is 36.4 Å². The van der Waals surface area contributed by atoms with Gasteiger partial charge in [0.1, 0.15) is 5.75 Å². The molecule has 0 saturated heterocycles. The predicted molar refractivity (Wildman–Crippen MR) is 70.8 cm³/mol. The second-order valence-electron chi connectivity index (χ2n) is 3.69. The summed E-state index contributed by atoms with van der Waals surface area (Å²) in [6.45, 7) is 0. The van der Waals surface area contributed by atoms with Crippen LogP contribution in [0.1, 0.15) is 21.5 Å². The van der Waals surface area contributed by atoms with Crippen LogP contribution in [0.4, 0.5) is 0 Å². The fraction of sp³-hybridized carbons (Fsp3) is 0.0625. The van der Waals surface area contributed by atoms with Crippen LogP contribution in [0, 0.1) is 11.8 Å². The topological polar surface area (TPSA) is 26.3 Å². The number of hydrogen-bond donors (Lipinski definition) is 0. The molecule has 0 fully saturated rings. The fourth-order valence-electron chi connectivity index (χ4n) is 1.55. The quantitative estimate of drug-likeness (QED) is 0.592. The first-order valence-electron chi connectivity index (χ1n) is 5.54. The third-order valence-corrected chi connectivity index (χ3v) is 2.49. The molecule has 0 aliphatic carbocycles. The number of carbonyl (C=O) groups excluding carboxylic acids is 1. The van der Waals surface area contributed by atoms with Crippen molar-refractivity contribution >= 4 is 6.29 Å². The third-order valence-electron chi connectivity index (χ3n) is 2.49. The Hall–Kier alpha value is -2.53. The van der Waals surface area contributed by atoms with E-state index < -0.39 is 0 Å². The van der Waals surface area contributed by atoms with Crippen LogP contribution in [0.2, 0.25) is 0 Å². The summed E-state index contributed by atoms with van der Waals surface area (Å²) in [5.74, 6) is 6.64. The Balaban J connectivity index is 2.31. The lowest BCUT2D eigenvalue weighted by molar-refractivity contribution is 0.112. The summed E-state index contributed by atoms with van der Waals surface area (Å²) in [5, 5.41) is 0. The van der Waals surface area contributed by atoms with E-state index in [0.717, 1.165) is 17.4 Å². The average Bonchev–Trinajstić information content (AvgIpc) is 2.45. The maximum absolute atomic E-state index is 10.8. The lowest BCUT2D eigenvalue weighted by Crippen LogP contribution is -1.91. The second kappa shape index (κ2) is 5.70. The molecule has 0 atom stereocenters. The van der Waals surface area contributed by atoms with Gasteiger partial charge in [0, 0.05) is 11.1 Å². The highest BCUT2D eigenvalue weighted by atomic mass is 16.5. The molecule has 2 aromatic rings. The molecule has 88 valence electrons. The minimum Gasteiger partial charge on any atom is -0.496 e. The molecular formula is C16H12O2. The standard InChI is InChI=1S/C16H12O2/c1-18-16-11-14(9-10-15(16)12-17)8-7-13-5-3-2-4-6-13/h2-6,9-12H,1H3. The minimum atomic E-state index is 0.530. The van der Waals surface area contributed by atoms with Gasteiger partial charge in [0.2, 0.25) is 0 Å². The molecular weight excluding hydrogens is 224 g/mol. The van der Waals surface area contributed by atoms with Gasteiger partial charge in [-0.1, -0.05) is 30.0 Å². The third kappa shape index (κ3) is 2.78. The van der Waals surface area contributed by atoms with Crippen molar-refractivity contribution in [2.45, 2.75) is 0 Å². The summed E-state index contributed by atoms with van der Waals surface area (Å²) in [4.78, 5) is 10.8. The van der Waals surface area contributed by atoms with E-state index in [9.17, 15) is 4.79 Å². The maximum Gasteiger partial charge on any atom is 0.153 e. The lowest BCUT2D eigenvalue weighted by Gasteiger charge is -2.02. The van der Waals surface area contributed by atoms with Crippen molar-refractivity contribution < 1.29 is 9.53 Å². The highest BCUT2D eigenvalue weighted by Crippen LogP contribution is 2.17. The Labute approximate surface area is 106 Å². The van der Waals surface area contributed by atoms with Crippen LogP contribution in [0.3, 0.4) is 0 Å². The van der Waals surface area contributed by atoms with Gasteiger partial charge < -0.3 is 4.74 Å². The molecule has 0 unspecified atom stereocenters. The van der Waals surface area contributed by atoms with Crippen molar-refractivity contribution in [1.29, 1.82) is 0 Å². The van der Waals surface area contributed by atoms with Crippen molar-refractivity contribution in [3.8, 4) is 17.6 Å². The second-order valence-corrected chi connectivity index (χ2v) is 3.69. The molecule has 0 aliphatic heterocycles. The van der Waals surface area contributed by atoms with Crippen molar-refractivity contribution in [2.24, 2.45) is 0 Å².